The highest BCUT2D eigenvalue weighted by molar-refractivity contribution is 5.83. The zero-order valence-corrected chi connectivity index (χ0v) is 18.2. The van der Waals surface area contributed by atoms with Gasteiger partial charge in [-0.05, 0) is 11.1 Å². The van der Waals surface area contributed by atoms with Crippen molar-refractivity contribution in [1.82, 2.24) is 5.32 Å². The molecule has 0 bridgehead atoms. The Hall–Kier alpha value is -3.03. The van der Waals surface area contributed by atoms with Gasteiger partial charge in [0.2, 0.25) is 0 Å². The van der Waals surface area contributed by atoms with Gasteiger partial charge in [0, 0.05) is 5.56 Å². The highest BCUT2D eigenvalue weighted by Crippen LogP contribution is 2.33. The fourth-order valence-electron chi connectivity index (χ4n) is 4.24. The minimum absolute atomic E-state index is 0.212. The second-order valence-corrected chi connectivity index (χ2v) is 8.27. The predicted octanol–water partition coefficient (Wildman–Crippen LogP) is 3.77. The molecule has 2 heterocycles. The zero-order valence-electron chi connectivity index (χ0n) is 18.2. The van der Waals surface area contributed by atoms with Crippen LogP contribution in [0.15, 0.2) is 91.0 Å². The van der Waals surface area contributed by atoms with Gasteiger partial charge in [0.15, 0.2) is 12.4 Å². The minimum atomic E-state index is -0.801. The third-order valence-electron chi connectivity index (χ3n) is 5.94. The Morgan fingerprint density at radius 1 is 0.788 bits per heavy atom. The third kappa shape index (κ3) is 5.15. The van der Waals surface area contributed by atoms with Crippen LogP contribution in [0.3, 0.4) is 0 Å². The largest absolute Gasteiger partial charge is 0.367 e. The average molecular weight is 446 g/mol. The van der Waals surface area contributed by atoms with E-state index in [1.165, 1.54) is 0 Å². The van der Waals surface area contributed by atoms with Gasteiger partial charge in [-0.3, -0.25) is 4.79 Å². The van der Waals surface area contributed by atoms with Crippen LogP contribution in [0.5, 0.6) is 0 Å². The van der Waals surface area contributed by atoms with Gasteiger partial charge in [-0.2, -0.15) is 0 Å². The van der Waals surface area contributed by atoms with Crippen molar-refractivity contribution in [3.8, 4) is 0 Å². The molecule has 5 rings (SSSR count). The molecule has 3 aromatic carbocycles. The summed E-state index contributed by atoms with van der Waals surface area (Å²) in [7, 11) is 0. The van der Waals surface area contributed by atoms with Gasteiger partial charge in [0.25, 0.3) is 5.91 Å². The molecule has 5 atom stereocenters. The first-order valence-electron chi connectivity index (χ1n) is 11.2. The summed E-state index contributed by atoms with van der Waals surface area (Å²) in [4.78, 5) is 13.0. The van der Waals surface area contributed by atoms with Crippen molar-refractivity contribution in [3.05, 3.63) is 108 Å². The maximum absolute atomic E-state index is 13.0. The van der Waals surface area contributed by atoms with Crippen molar-refractivity contribution < 1.29 is 23.7 Å². The number of hydrogen-bond acceptors (Lipinski definition) is 5. The van der Waals surface area contributed by atoms with E-state index in [1.807, 2.05) is 91.0 Å². The molecule has 0 radical (unpaired) electrons. The van der Waals surface area contributed by atoms with Crippen molar-refractivity contribution in [2.75, 3.05) is 6.61 Å². The van der Waals surface area contributed by atoms with Crippen LogP contribution in [0.25, 0.3) is 0 Å². The molecule has 0 spiro atoms. The van der Waals surface area contributed by atoms with E-state index >= 15 is 0 Å². The molecule has 1 amide bonds. The van der Waals surface area contributed by atoms with E-state index in [-0.39, 0.29) is 11.9 Å². The Bertz CT molecular complexity index is 1030. The fraction of sp³-hybridized carbons (Fsp3) is 0.296. The molecule has 0 aliphatic carbocycles. The summed E-state index contributed by atoms with van der Waals surface area (Å²) in [5, 5.41) is 3.01. The highest BCUT2D eigenvalue weighted by Gasteiger charge is 2.49. The van der Waals surface area contributed by atoms with Crippen LogP contribution in [-0.2, 0) is 37.0 Å². The van der Waals surface area contributed by atoms with Gasteiger partial charge >= 0.3 is 0 Å². The van der Waals surface area contributed by atoms with Crippen LogP contribution in [0.1, 0.15) is 23.0 Å². The zero-order chi connectivity index (χ0) is 22.5. The summed E-state index contributed by atoms with van der Waals surface area (Å²) >= 11 is 0. The van der Waals surface area contributed by atoms with E-state index < -0.39 is 24.6 Å². The predicted molar refractivity (Wildman–Crippen MR) is 122 cm³/mol. The molecule has 2 fully saturated rings. The van der Waals surface area contributed by atoms with Gasteiger partial charge in [-0.25, -0.2) is 0 Å². The Morgan fingerprint density at radius 2 is 1.36 bits per heavy atom. The van der Waals surface area contributed by atoms with E-state index in [0.29, 0.717) is 19.8 Å². The van der Waals surface area contributed by atoms with E-state index in [4.69, 9.17) is 18.9 Å². The molecule has 2 saturated heterocycles. The minimum Gasteiger partial charge on any atom is -0.367 e. The van der Waals surface area contributed by atoms with Gasteiger partial charge in [-0.1, -0.05) is 91.0 Å². The summed E-state index contributed by atoms with van der Waals surface area (Å²) < 4.78 is 24.7. The number of benzene rings is 3. The monoisotopic (exact) mass is 445 g/mol. The highest BCUT2D eigenvalue weighted by atomic mass is 16.7. The van der Waals surface area contributed by atoms with Crippen LogP contribution in [-0.4, -0.2) is 36.9 Å². The number of ether oxygens (including phenoxy) is 4. The first-order valence-corrected chi connectivity index (χ1v) is 11.2. The third-order valence-corrected chi connectivity index (χ3v) is 5.94. The lowest BCUT2D eigenvalue weighted by molar-refractivity contribution is -0.275. The molecule has 0 aromatic heterocycles. The second kappa shape index (κ2) is 10.3. The quantitative estimate of drug-likeness (QED) is 0.600. The number of carbonyl (C=O) groups is 1. The van der Waals surface area contributed by atoms with E-state index in [1.54, 1.807) is 0 Å². The van der Waals surface area contributed by atoms with E-state index in [9.17, 15) is 4.79 Å². The summed E-state index contributed by atoms with van der Waals surface area (Å²) in [6.45, 7) is 1.00. The number of fused-ring (bicyclic) bond motifs is 1. The summed E-state index contributed by atoms with van der Waals surface area (Å²) in [5.74, 6) is -0.212. The second-order valence-electron chi connectivity index (χ2n) is 8.27. The first kappa shape index (κ1) is 21.8. The Kier molecular flexibility index (Phi) is 6.79. The van der Waals surface area contributed by atoms with Crippen LogP contribution in [0.4, 0.5) is 0 Å². The maximum atomic E-state index is 13.0. The molecule has 2 aliphatic heterocycles. The SMILES string of the molecule is O=C1N[C@@H]2CO[C@H](c3ccccc3)O[C@@H]2[C@H](OCc2ccccc2)[C@H]1OCc1ccccc1. The summed E-state index contributed by atoms with van der Waals surface area (Å²) in [6, 6.07) is 29.2. The first-order chi connectivity index (χ1) is 16.3. The molecule has 33 heavy (non-hydrogen) atoms. The number of hydrogen-bond donors (Lipinski definition) is 1. The topological polar surface area (TPSA) is 66.0 Å². The van der Waals surface area contributed by atoms with Crippen molar-refractivity contribution in [1.29, 1.82) is 0 Å². The Morgan fingerprint density at radius 3 is 2.00 bits per heavy atom. The van der Waals surface area contributed by atoms with Gasteiger partial charge in [-0.15, -0.1) is 0 Å². The van der Waals surface area contributed by atoms with Gasteiger partial charge in [0.1, 0.15) is 12.2 Å². The normalized spacial score (nSPS) is 26.9. The maximum Gasteiger partial charge on any atom is 0.252 e. The molecule has 0 unspecified atom stereocenters. The molecule has 0 saturated carbocycles. The molecule has 6 nitrogen and oxygen atoms in total. The van der Waals surface area contributed by atoms with Crippen LogP contribution in [0, 0.1) is 0 Å². The van der Waals surface area contributed by atoms with Crippen molar-refractivity contribution in [2.45, 2.75) is 43.9 Å². The molecular formula is C27H27NO5. The number of amides is 1. The fourth-order valence-corrected chi connectivity index (χ4v) is 4.24. The van der Waals surface area contributed by atoms with Crippen LogP contribution in [0.2, 0.25) is 0 Å². The molecule has 6 heteroatoms. The molecule has 170 valence electrons. The van der Waals surface area contributed by atoms with Gasteiger partial charge in [0.05, 0.1) is 25.9 Å². The number of nitrogens with one attached hydrogen (secondary N) is 1. The summed E-state index contributed by atoms with van der Waals surface area (Å²) in [5.41, 5.74) is 2.94. The molecular weight excluding hydrogens is 418 g/mol. The van der Waals surface area contributed by atoms with E-state index in [0.717, 1.165) is 16.7 Å². The lowest BCUT2D eigenvalue weighted by Gasteiger charge is -2.46. The lowest BCUT2D eigenvalue weighted by atomic mass is 9.94. The Labute approximate surface area is 193 Å². The average Bonchev–Trinajstić information content (AvgIpc) is 2.88. The number of piperidine rings is 1. The molecule has 3 aromatic rings. The van der Waals surface area contributed by atoms with Crippen molar-refractivity contribution in [3.63, 3.8) is 0 Å². The van der Waals surface area contributed by atoms with E-state index in [2.05, 4.69) is 5.32 Å². The van der Waals surface area contributed by atoms with Crippen molar-refractivity contribution >= 4 is 5.91 Å². The van der Waals surface area contributed by atoms with Gasteiger partial charge < -0.3 is 24.3 Å². The number of carbonyl (C=O) groups excluding carboxylic acids is 1. The lowest BCUT2D eigenvalue weighted by Crippen LogP contribution is -2.67. The standard InChI is InChI=1S/C27H27NO5/c29-26-25(31-17-20-12-6-2-7-13-20)24(30-16-19-10-4-1-5-11-19)23-22(28-26)18-32-27(33-23)21-14-8-3-9-15-21/h1-15,22-25,27H,16-18H2,(H,28,29)/t22-,23+,24+,25-,27+/m1/s1. The summed E-state index contributed by atoms with van der Waals surface area (Å²) in [6.07, 6.45) is -2.32. The smallest absolute Gasteiger partial charge is 0.252 e. The van der Waals surface area contributed by atoms with Crippen molar-refractivity contribution in [2.24, 2.45) is 0 Å². The van der Waals surface area contributed by atoms with Crippen LogP contribution < -0.4 is 5.32 Å². The molecule has 1 N–H and O–H groups in total. The van der Waals surface area contributed by atoms with Crippen LogP contribution >= 0.6 is 0 Å². The Balaban J connectivity index is 1.37. The number of rotatable bonds is 7. The molecule has 2 aliphatic rings.